The van der Waals surface area contributed by atoms with Gasteiger partial charge in [-0.25, -0.2) is 0 Å². The van der Waals surface area contributed by atoms with Crippen LogP contribution in [0.15, 0.2) is 55.0 Å². The Morgan fingerprint density at radius 2 is 1.93 bits per heavy atom. The number of aromatic amines is 1. The van der Waals surface area contributed by atoms with Crippen LogP contribution in [0, 0.1) is 0 Å². The van der Waals surface area contributed by atoms with E-state index in [4.69, 9.17) is 4.74 Å². The number of piperidine rings is 1. The summed E-state index contributed by atoms with van der Waals surface area (Å²) in [5, 5.41) is 11.0. The van der Waals surface area contributed by atoms with Gasteiger partial charge in [-0.3, -0.25) is 15.0 Å². The minimum absolute atomic E-state index is 0.356. The lowest BCUT2D eigenvalue weighted by atomic mass is 10.0. The van der Waals surface area contributed by atoms with Crippen molar-refractivity contribution in [1.29, 1.82) is 0 Å². The zero-order valence-electron chi connectivity index (χ0n) is 17.0. The van der Waals surface area contributed by atoms with Crippen LogP contribution in [0.25, 0.3) is 11.3 Å². The van der Waals surface area contributed by atoms with Crippen molar-refractivity contribution in [3.63, 3.8) is 0 Å². The van der Waals surface area contributed by atoms with Gasteiger partial charge in [0.25, 0.3) is 0 Å². The number of nitrogens with zero attached hydrogens (tertiary/aromatic N) is 3. The maximum Gasteiger partial charge on any atom is 0.118 e. The molecule has 6 nitrogen and oxygen atoms in total. The van der Waals surface area contributed by atoms with Crippen molar-refractivity contribution in [1.82, 2.24) is 25.4 Å². The van der Waals surface area contributed by atoms with E-state index in [1.165, 1.54) is 24.8 Å². The lowest BCUT2D eigenvalue weighted by Crippen LogP contribution is -2.39. The Kier molecular flexibility index (Phi) is 6.54. The number of hydrogen-bond donors (Lipinski definition) is 2. The zero-order valence-corrected chi connectivity index (χ0v) is 17.0. The zero-order chi connectivity index (χ0) is 19.9. The Bertz CT molecular complexity index is 872. The quantitative estimate of drug-likeness (QED) is 0.611. The summed E-state index contributed by atoms with van der Waals surface area (Å²) in [5.41, 5.74) is 4.58. The minimum atomic E-state index is 0.356. The average Bonchev–Trinajstić information content (AvgIpc) is 3.27. The molecule has 0 spiro atoms. The molecule has 0 radical (unpaired) electrons. The molecule has 1 aromatic carbocycles. The summed E-state index contributed by atoms with van der Waals surface area (Å²) in [6.45, 7) is 3.97. The molecule has 0 bridgehead atoms. The molecule has 0 amide bonds. The SMILES string of the molecule is COc1ccc(C(CNCc2cn[nH]c2-c2cccnc2)N2CCCCC2)cc1. The van der Waals surface area contributed by atoms with E-state index in [-0.39, 0.29) is 0 Å². The molecule has 1 fully saturated rings. The van der Waals surface area contributed by atoms with Gasteiger partial charge in [0.1, 0.15) is 5.75 Å². The number of aromatic nitrogens is 3. The highest BCUT2D eigenvalue weighted by molar-refractivity contribution is 5.61. The molecule has 2 aromatic heterocycles. The summed E-state index contributed by atoms with van der Waals surface area (Å²) in [6, 6.07) is 12.9. The fraction of sp³-hybridized carbons (Fsp3) is 0.391. The highest BCUT2D eigenvalue weighted by Gasteiger charge is 2.22. The number of hydrogen-bond acceptors (Lipinski definition) is 5. The first-order valence-corrected chi connectivity index (χ1v) is 10.4. The summed E-state index contributed by atoms with van der Waals surface area (Å²) in [7, 11) is 1.71. The first-order valence-electron chi connectivity index (χ1n) is 10.4. The highest BCUT2D eigenvalue weighted by atomic mass is 16.5. The first-order chi connectivity index (χ1) is 14.3. The molecule has 3 heterocycles. The molecule has 152 valence electrons. The number of likely N-dealkylation sites (tertiary alicyclic amines) is 1. The number of benzene rings is 1. The second kappa shape index (κ2) is 9.67. The fourth-order valence-electron chi connectivity index (χ4n) is 4.06. The van der Waals surface area contributed by atoms with Crippen LogP contribution < -0.4 is 10.1 Å². The molecule has 0 saturated carbocycles. The summed E-state index contributed by atoms with van der Waals surface area (Å²) in [6.07, 6.45) is 9.45. The second-order valence-corrected chi connectivity index (χ2v) is 7.53. The number of ether oxygens (including phenoxy) is 1. The molecule has 4 rings (SSSR count). The summed E-state index contributed by atoms with van der Waals surface area (Å²) >= 11 is 0. The van der Waals surface area contributed by atoms with Gasteiger partial charge >= 0.3 is 0 Å². The van der Waals surface area contributed by atoms with Crippen molar-refractivity contribution in [2.45, 2.75) is 31.8 Å². The molecule has 0 aliphatic carbocycles. The monoisotopic (exact) mass is 391 g/mol. The van der Waals surface area contributed by atoms with Crippen LogP contribution >= 0.6 is 0 Å². The molecule has 1 saturated heterocycles. The lowest BCUT2D eigenvalue weighted by Gasteiger charge is -2.35. The van der Waals surface area contributed by atoms with Crippen LogP contribution in [0.4, 0.5) is 0 Å². The Morgan fingerprint density at radius 3 is 2.66 bits per heavy atom. The average molecular weight is 392 g/mol. The van der Waals surface area contributed by atoms with Gasteiger partial charge in [0.05, 0.1) is 19.0 Å². The van der Waals surface area contributed by atoms with Crippen LogP contribution in [-0.4, -0.2) is 46.8 Å². The summed E-state index contributed by atoms with van der Waals surface area (Å²) < 4.78 is 5.33. The number of H-pyrrole nitrogens is 1. The fourth-order valence-corrected chi connectivity index (χ4v) is 4.06. The Labute approximate surface area is 172 Å². The molecule has 3 aromatic rings. The third-order valence-corrected chi connectivity index (χ3v) is 5.65. The van der Waals surface area contributed by atoms with Crippen LogP contribution in [-0.2, 0) is 6.54 Å². The second-order valence-electron chi connectivity index (χ2n) is 7.53. The molecule has 1 aliphatic heterocycles. The Morgan fingerprint density at radius 1 is 1.10 bits per heavy atom. The predicted molar refractivity (Wildman–Crippen MR) is 115 cm³/mol. The molecule has 2 N–H and O–H groups in total. The maximum absolute atomic E-state index is 5.33. The molecular weight excluding hydrogens is 362 g/mol. The van der Waals surface area contributed by atoms with E-state index < -0.39 is 0 Å². The van der Waals surface area contributed by atoms with Gasteiger partial charge in [0.2, 0.25) is 0 Å². The smallest absolute Gasteiger partial charge is 0.118 e. The van der Waals surface area contributed by atoms with E-state index in [9.17, 15) is 0 Å². The Hall–Kier alpha value is -2.70. The van der Waals surface area contributed by atoms with Gasteiger partial charge < -0.3 is 10.1 Å². The normalized spacial score (nSPS) is 15.9. The maximum atomic E-state index is 5.33. The van der Waals surface area contributed by atoms with E-state index >= 15 is 0 Å². The molecule has 1 aliphatic rings. The number of pyridine rings is 1. The summed E-state index contributed by atoms with van der Waals surface area (Å²) in [5.74, 6) is 0.901. The topological polar surface area (TPSA) is 66.1 Å². The van der Waals surface area contributed by atoms with Gasteiger partial charge in [-0.2, -0.15) is 5.10 Å². The molecular formula is C23H29N5O. The third-order valence-electron chi connectivity index (χ3n) is 5.65. The highest BCUT2D eigenvalue weighted by Crippen LogP contribution is 2.26. The molecule has 6 heteroatoms. The molecule has 1 unspecified atom stereocenters. The van der Waals surface area contributed by atoms with E-state index in [1.54, 1.807) is 13.3 Å². The van der Waals surface area contributed by atoms with Gasteiger partial charge in [-0.15, -0.1) is 0 Å². The largest absolute Gasteiger partial charge is 0.497 e. The van der Waals surface area contributed by atoms with Gasteiger partial charge in [-0.1, -0.05) is 18.6 Å². The third kappa shape index (κ3) is 4.83. The van der Waals surface area contributed by atoms with Gasteiger partial charge in [-0.05, 0) is 55.8 Å². The predicted octanol–water partition coefficient (Wildman–Crippen LogP) is 3.80. The number of methoxy groups -OCH3 is 1. The van der Waals surface area contributed by atoms with E-state index in [0.29, 0.717) is 6.04 Å². The van der Waals surface area contributed by atoms with Crippen molar-refractivity contribution in [3.8, 4) is 17.0 Å². The first kappa shape index (κ1) is 19.6. The van der Waals surface area contributed by atoms with Crippen LogP contribution in [0.3, 0.4) is 0 Å². The van der Waals surface area contributed by atoms with Crippen LogP contribution in [0.1, 0.15) is 36.4 Å². The van der Waals surface area contributed by atoms with Crippen LogP contribution in [0.2, 0.25) is 0 Å². The summed E-state index contributed by atoms with van der Waals surface area (Å²) in [4.78, 5) is 6.83. The van der Waals surface area contributed by atoms with E-state index in [0.717, 1.165) is 48.7 Å². The van der Waals surface area contributed by atoms with Crippen molar-refractivity contribution >= 4 is 0 Å². The van der Waals surface area contributed by atoms with Crippen molar-refractivity contribution in [2.24, 2.45) is 0 Å². The van der Waals surface area contributed by atoms with Crippen molar-refractivity contribution < 1.29 is 4.74 Å². The molecule has 1 atom stereocenters. The minimum Gasteiger partial charge on any atom is -0.497 e. The van der Waals surface area contributed by atoms with Crippen molar-refractivity contribution in [2.75, 3.05) is 26.7 Å². The van der Waals surface area contributed by atoms with Gasteiger partial charge in [0.15, 0.2) is 0 Å². The van der Waals surface area contributed by atoms with Crippen LogP contribution in [0.5, 0.6) is 5.75 Å². The lowest BCUT2D eigenvalue weighted by molar-refractivity contribution is 0.160. The van der Waals surface area contributed by atoms with E-state index in [1.807, 2.05) is 18.5 Å². The molecule has 29 heavy (non-hydrogen) atoms. The Balaban J connectivity index is 1.45. The van der Waals surface area contributed by atoms with Crippen molar-refractivity contribution in [3.05, 3.63) is 66.1 Å². The van der Waals surface area contributed by atoms with Gasteiger partial charge in [0, 0.05) is 42.7 Å². The standard InChI is InChI=1S/C23H29N5O/c1-29-21-9-7-18(8-10-21)22(28-12-3-2-4-13-28)17-25-15-20-16-26-27-23(20)19-6-5-11-24-14-19/h5-11,14,16,22,25H,2-4,12-13,15,17H2,1H3,(H,26,27). The number of nitrogens with one attached hydrogen (secondary N) is 2. The van der Waals surface area contributed by atoms with E-state index in [2.05, 4.69) is 55.7 Å². The number of rotatable bonds is 8.